The molecule has 1 aliphatic carbocycles. The standard InChI is InChI=1S/C16H20N2S/c1-10(2)9-17-16-18-15-13-7-5-4-6-12(13)11(3)8-14(15)19-16/h4-7,10-11H,8-9H2,1-3H3,(H,17,18). The van der Waals surface area contributed by atoms with Crippen molar-refractivity contribution >= 4 is 16.5 Å². The molecule has 0 spiro atoms. The molecule has 2 aromatic rings. The molecule has 0 aliphatic heterocycles. The maximum Gasteiger partial charge on any atom is 0.183 e. The molecule has 100 valence electrons. The van der Waals surface area contributed by atoms with E-state index < -0.39 is 0 Å². The van der Waals surface area contributed by atoms with E-state index in [1.807, 2.05) is 11.3 Å². The van der Waals surface area contributed by atoms with Crippen molar-refractivity contribution in [2.24, 2.45) is 5.92 Å². The molecule has 1 aromatic carbocycles. The molecule has 0 saturated heterocycles. The number of aromatic nitrogens is 1. The van der Waals surface area contributed by atoms with Gasteiger partial charge in [-0.2, -0.15) is 0 Å². The van der Waals surface area contributed by atoms with Gasteiger partial charge in [-0.3, -0.25) is 0 Å². The Morgan fingerprint density at radius 1 is 1.37 bits per heavy atom. The first-order chi connectivity index (χ1) is 9.15. The Balaban J connectivity index is 1.96. The van der Waals surface area contributed by atoms with E-state index in [0.29, 0.717) is 11.8 Å². The minimum absolute atomic E-state index is 0.599. The van der Waals surface area contributed by atoms with Crippen molar-refractivity contribution in [1.82, 2.24) is 4.98 Å². The molecular formula is C16H20N2S. The number of rotatable bonds is 3. The summed E-state index contributed by atoms with van der Waals surface area (Å²) in [7, 11) is 0. The number of thiazole rings is 1. The largest absolute Gasteiger partial charge is 0.361 e. The molecule has 1 unspecified atom stereocenters. The van der Waals surface area contributed by atoms with Crippen LogP contribution < -0.4 is 5.32 Å². The molecule has 0 bridgehead atoms. The zero-order chi connectivity index (χ0) is 13.4. The zero-order valence-electron chi connectivity index (χ0n) is 11.7. The van der Waals surface area contributed by atoms with Crippen molar-refractivity contribution in [3.8, 4) is 11.3 Å². The summed E-state index contributed by atoms with van der Waals surface area (Å²) in [5.74, 6) is 1.24. The number of nitrogens with one attached hydrogen (secondary N) is 1. The van der Waals surface area contributed by atoms with Gasteiger partial charge < -0.3 is 5.32 Å². The van der Waals surface area contributed by atoms with Gasteiger partial charge in [-0.15, -0.1) is 11.3 Å². The third-order valence-corrected chi connectivity index (χ3v) is 4.63. The fraction of sp³-hybridized carbons (Fsp3) is 0.438. The van der Waals surface area contributed by atoms with Crippen molar-refractivity contribution < 1.29 is 0 Å². The van der Waals surface area contributed by atoms with Crippen molar-refractivity contribution in [2.75, 3.05) is 11.9 Å². The highest BCUT2D eigenvalue weighted by molar-refractivity contribution is 7.16. The van der Waals surface area contributed by atoms with Gasteiger partial charge in [0.1, 0.15) is 0 Å². The molecule has 1 aromatic heterocycles. The molecule has 3 rings (SSSR count). The summed E-state index contributed by atoms with van der Waals surface area (Å²) in [5, 5.41) is 4.53. The van der Waals surface area contributed by atoms with E-state index in [9.17, 15) is 0 Å². The summed E-state index contributed by atoms with van der Waals surface area (Å²) < 4.78 is 0. The summed E-state index contributed by atoms with van der Waals surface area (Å²) in [4.78, 5) is 6.23. The average Bonchev–Trinajstić information content (AvgIpc) is 2.80. The molecule has 0 saturated carbocycles. The molecule has 1 N–H and O–H groups in total. The predicted molar refractivity (Wildman–Crippen MR) is 83.0 cm³/mol. The Kier molecular flexibility index (Phi) is 3.31. The van der Waals surface area contributed by atoms with Crippen molar-refractivity contribution in [1.29, 1.82) is 0 Å². The van der Waals surface area contributed by atoms with E-state index in [-0.39, 0.29) is 0 Å². The van der Waals surface area contributed by atoms with Gasteiger partial charge in [-0.25, -0.2) is 4.98 Å². The van der Waals surface area contributed by atoms with Crippen LogP contribution in [0.4, 0.5) is 5.13 Å². The van der Waals surface area contributed by atoms with Crippen LogP contribution >= 0.6 is 11.3 Å². The molecular weight excluding hydrogens is 252 g/mol. The van der Waals surface area contributed by atoms with E-state index >= 15 is 0 Å². The van der Waals surface area contributed by atoms with E-state index in [4.69, 9.17) is 4.98 Å². The summed E-state index contributed by atoms with van der Waals surface area (Å²) in [5.41, 5.74) is 3.96. The Hall–Kier alpha value is -1.35. The monoisotopic (exact) mass is 272 g/mol. The lowest BCUT2D eigenvalue weighted by molar-refractivity contribution is 0.688. The SMILES string of the molecule is CC(C)CNc1nc2c(s1)CC(C)c1ccccc1-2. The van der Waals surface area contributed by atoms with Gasteiger partial charge >= 0.3 is 0 Å². The topological polar surface area (TPSA) is 24.9 Å². The van der Waals surface area contributed by atoms with Crippen molar-refractivity contribution in [3.05, 3.63) is 34.7 Å². The second-order valence-corrected chi connectivity index (χ2v) is 6.84. The van der Waals surface area contributed by atoms with Gasteiger partial charge in [0.25, 0.3) is 0 Å². The van der Waals surface area contributed by atoms with Gasteiger partial charge in [0, 0.05) is 17.0 Å². The number of hydrogen-bond acceptors (Lipinski definition) is 3. The number of hydrogen-bond donors (Lipinski definition) is 1. The van der Waals surface area contributed by atoms with E-state index in [2.05, 4.69) is 50.4 Å². The normalized spacial score (nSPS) is 17.2. The van der Waals surface area contributed by atoms with Crippen LogP contribution in [0.3, 0.4) is 0 Å². The van der Waals surface area contributed by atoms with E-state index in [0.717, 1.165) is 18.1 Å². The first-order valence-electron chi connectivity index (χ1n) is 6.98. The lowest BCUT2D eigenvalue weighted by Gasteiger charge is -2.20. The molecule has 0 amide bonds. The summed E-state index contributed by atoms with van der Waals surface area (Å²) >= 11 is 1.82. The van der Waals surface area contributed by atoms with Crippen LogP contribution in [0.2, 0.25) is 0 Å². The highest BCUT2D eigenvalue weighted by Crippen LogP contribution is 2.42. The van der Waals surface area contributed by atoms with Crippen LogP contribution in [0.15, 0.2) is 24.3 Å². The maximum absolute atomic E-state index is 4.81. The van der Waals surface area contributed by atoms with E-state index in [1.165, 1.54) is 21.7 Å². The van der Waals surface area contributed by atoms with Crippen molar-refractivity contribution in [3.63, 3.8) is 0 Å². The molecule has 3 heteroatoms. The molecule has 1 atom stereocenters. The highest BCUT2D eigenvalue weighted by Gasteiger charge is 2.24. The summed E-state index contributed by atoms with van der Waals surface area (Å²) in [6.07, 6.45) is 1.12. The average molecular weight is 272 g/mol. The zero-order valence-corrected chi connectivity index (χ0v) is 12.6. The first-order valence-corrected chi connectivity index (χ1v) is 7.79. The Labute approximate surface area is 118 Å². The lowest BCUT2D eigenvalue weighted by atomic mass is 9.86. The van der Waals surface area contributed by atoms with Gasteiger partial charge in [0.2, 0.25) is 0 Å². The molecule has 0 fully saturated rings. The van der Waals surface area contributed by atoms with Crippen LogP contribution in [0.5, 0.6) is 0 Å². The quantitative estimate of drug-likeness (QED) is 0.887. The van der Waals surface area contributed by atoms with E-state index in [1.54, 1.807) is 0 Å². The number of nitrogens with zero attached hydrogens (tertiary/aromatic N) is 1. The van der Waals surface area contributed by atoms with Crippen LogP contribution in [0.25, 0.3) is 11.3 Å². The minimum Gasteiger partial charge on any atom is -0.361 e. The fourth-order valence-corrected chi connectivity index (χ4v) is 3.71. The minimum atomic E-state index is 0.599. The van der Waals surface area contributed by atoms with Crippen LogP contribution in [0, 0.1) is 5.92 Å². The fourth-order valence-electron chi connectivity index (χ4n) is 2.60. The number of anilines is 1. The third-order valence-electron chi connectivity index (χ3n) is 3.60. The smallest absolute Gasteiger partial charge is 0.183 e. The van der Waals surface area contributed by atoms with Crippen LogP contribution in [-0.2, 0) is 6.42 Å². The predicted octanol–water partition coefficient (Wildman–Crippen LogP) is 4.54. The lowest BCUT2D eigenvalue weighted by Crippen LogP contribution is -2.07. The van der Waals surface area contributed by atoms with Gasteiger partial charge in [-0.05, 0) is 23.8 Å². The second kappa shape index (κ2) is 4.97. The molecule has 1 heterocycles. The highest BCUT2D eigenvalue weighted by atomic mass is 32.1. The maximum atomic E-state index is 4.81. The van der Waals surface area contributed by atoms with Crippen LogP contribution in [0.1, 0.15) is 37.1 Å². The van der Waals surface area contributed by atoms with Gasteiger partial charge in [0.15, 0.2) is 5.13 Å². The molecule has 2 nitrogen and oxygen atoms in total. The van der Waals surface area contributed by atoms with Crippen molar-refractivity contribution in [2.45, 2.75) is 33.1 Å². The summed E-state index contributed by atoms with van der Waals surface area (Å²) in [6.45, 7) is 7.74. The molecule has 1 aliphatic rings. The van der Waals surface area contributed by atoms with Gasteiger partial charge in [0.05, 0.1) is 5.69 Å². The van der Waals surface area contributed by atoms with Gasteiger partial charge in [-0.1, -0.05) is 45.0 Å². The summed E-state index contributed by atoms with van der Waals surface area (Å²) in [6, 6.07) is 8.69. The number of benzene rings is 1. The molecule has 19 heavy (non-hydrogen) atoms. The first kappa shape index (κ1) is 12.7. The third kappa shape index (κ3) is 2.39. The van der Waals surface area contributed by atoms with Crippen LogP contribution in [-0.4, -0.2) is 11.5 Å². The Bertz CT molecular complexity index is 586. The number of fused-ring (bicyclic) bond motifs is 3. The Morgan fingerprint density at radius 3 is 2.95 bits per heavy atom. The second-order valence-electron chi connectivity index (χ2n) is 5.76. The Morgan fingerprint density at radius 2 is 2.16 bits per heavy atom. The molecule has 0 radical (unpaired) electrons.